The van der Waals surface area contributed by atoms with Gasteiger partial charge in [0.25, 0.3) is 0 Å². The van der Waals surface area contributed by atoms with Gasteiger partial charge in [-0.25, -0.2) is 9.67 Å². The topological polar surface area (TPSA) is 66.0 Å². The van der Waals surface area contributed by atoms with Crippen LogP contribution in [-0.2, 0) is 17.7 Å². The number of nitrogens with zero attached hydrogens (tertiary/aromatic N) is 3. The molecule has 104 valence electrons. The fraction of sp³-hybridized carbons (Fsp3) is 0.846. The van der Waals surface area contributed by atoms with Gasteiger partial charge >= 0.3 is 0 Å². The van der Waals surface area contributed by atoms with Crippen LogP contribution in [0.2, 0.25) is 0 Å². The minimum Gasteiger partial charge on any atom is -0.377 e. The molecule has 0 aromatic carbocycles. The highest BCUT2D eigenvalue weighted by Gasteiger charge is 2.30. The van der Waals surface area contributed by atoms with Crippen molar-refractivity contribution in [2.24, 2.45) is 11.7 Å². The third-order valence-corrected chi connectivity index (χ3v) is 3.59. The Labute approximate surface area is 110 Å². The number of hydrogen-bond donors (Lipinski definition) is 1. The summed E-state index contributed by atoms with van der Waals surface area (Å²) in [6, 6.07) is -0.0809. The van der Waals surface area contributed by atoms with Gasteiger partial charge in [-0.2, -0.15) is 5.10 Å². The Kier molecular flexibility index (Phi) is 5.28. The first kappa shape index (κ1) is 15.1. The minimum atomic E-state index is -0.311. The molecule has 0 saturated carbocycles. The van der Waals surface area contributed by atoms with E-state index in [1.807, 2.05) is 11.6 Å². The molecule has 2 unspecified atom stereocenters. The second-order valence-corrected chi connectivity index (χ2v) is 5.43. The maximum absolute atomic E-state index is 6.26. The third-order valence-electron chi connectivity index (χ3n) is 3.59. The molecule has 5 heteroatoms. The van der Waals surface area contributed by atoms with E-state index in [2.05, 4.69) is 30.9 Å². The first-order valence-corrected chi connectivity index (χ1v) is 6.60. The molecule has 0 spiro atoms. The van der Waals surface area contributed by atoms with E-state index >= 15 is 0 Å². The normalized spacial score (nSPS) is 16.8. The summed E-state index contributed by atoms with van der Waals surface area (Å²) in [5, 5.41) is 4.25. The second kappa shape index (κ2) is 6.29. The monoisotopic (exact) mass is 254 g/mol. The molecule has 18 heavy (non-hydrogen) atoms. The number of rotatable bonds is 7. The average molecular weight is 254 g/mol. The van der Waals surface area contributed by atoms with Crippen LogP contribution in [-0.4, -0.2) is 33.5 Å². The van der Waals surface area contributed by atoms with Crippen molar-refractivity contribution >= 4 is 0 Å². The van der Waals surface area contributed by atoms with Crippen LogP contribution in [0.25, 0.3) is 0 Å². The number of methoxy groups -OCH3 is 1. The highest BCUT2D eigenvalue weighted by Crippen LogP contribution is 2.20. The molecule has 2 N–H and O–H groups in total. The maximum atomic E-state index is 6.26. The van der Waals surface area contributed by atoms with Gasteiger partial charge in [0.05, 0.1) is 5.60 Å². The Morgan fingerprint density at radius 1 is 1.50 bits per heavy atom. The molecule has 1 aromatic heterocycles. The molecule has 0 aliphatic carbocycles. The number of aromatic nitrogens is 3. The molecule has 2 atom stereocenters. The Morgan fingerprint density at radius 2 is 2.17 bits per heavy atom. The van der Waals surface area contributed by atoms with Gasteiger partial charge in [0, 0.05) is 26.1 Å². The summed E-state index contributed by atoms with van der Waals surface area (Å²) in [6.45, 7) is 9.33. The summed E-state index contributed by atoms with van der Waals surface area (Å²) in [6.07, 6.45) is 3.16. The van der Waals surface area contributed by atoms with Gasteiger partial charge in [-0.15, -0.1) is 0 Å². The fourth-order valence-electron chi connectivity index (χ4n) is 1.92. The van der Waals surface area contributed by atoms with Crippen LogP contribution in [0.4, 0.5) is 0 Å². The van der Waals surface area contributed by atoms with Crippen molar-refractivity contribution in [3.8, 4) is 0 Å². The van der Waals surface area contributed by atoms with Crippen LogP contribution >= 0.6 is 0 Å². The van der Waals surface area contributed by atoms with Crippen LogP contribution in [0.1, 0.15) is 39.9 Å². The third kappa shape index (κ3) is 3.53. The summed E-state index contributed by atoms with van der Waals surface area (Å²) in [5.74, 6) is 1.48. The van der Waals surface area contributed by atoms with Crippen LogP contribution < -0.4 is 5.73 Å². The molecule has 0 radical (unpaired) electrons. The Balaban J connectivity index is 2.75. The van der Waals surface area contributed by atoms with Gasteiger partial charge in [-0.1, -0.05) is 20.8 Å². The predicted molar refractivity (Wildman–Crippen MR) is 72.2 cm³/mol. The fourth-order valence-corrected chi connectivity index (χ4v) is 1.92. The van der Waals surface area contributed by atoms with Crippen molar-refractivity contribution in [3.63, 3.8) is 0 Å². The minimum absolute atomic E-state index is 0.0809. The average Bonchev–Trinajstić information content (AvgIpc) is 2.74. The molecule has 0 saturated heterocycles. The number of ether oxygens (including phenoxy) is 1. The van der Waals surface area contributed by atoms with Gasteiger partial charge < -0.3 is 10.5 Å². The molecule has 0 aliphatic heterocycles. The lowest BCUT2D eigenvalue weighted by Crippen LogP contribution is -2.48. The highest BCUT2D eigenvalue weighted by atomic mass is 16.5. The molecule has 0 fully saturated rings. The zero-order chi connectivity index (χ0) is 13.8. The molecular weight excluding hydrogens is 228 g/mol. The summed E-state index contributed by atoms with van der Waals surface area (Å²) < 4.78 is 7.48. The van der Waals surface area contributed by atoms with Crippen molar-refractivity contribution in [2.75, 3.05) is 7.11 Å². The maximum Gasteiger partial charge on any atom is 0.138 e. The summed E-state index contributed by atoms with van der Waals surface area (Å²) in [4.78, 5) is 4.31. The lowest BCUT2D eigenvalue weighted by molar-refractivity contribution is -0.0191. The van der Waals surface area contributed by atoms with Crippen molar-refractivity contribution in [3.05, 3.63) is 12.2 Å². The molecule has 1 rings (SSSR count). The Hall–Kier alpha value is -0.940. The van der Waals surface area contributed by atoms with Gasteiger partial charge in [-0.3, -0.25) is 0 Å². The highest BCUT2D eigenvalue weighted by molar-refractivity contribution is 4.96. The Bertz CT molecular complexity index is 358. The van der Waals surface area contributed by atoms with Crippen molar-refractivity contribution < 1.29 is 4.74 Å². The summed E-state index contributed by atoms with van der Waals surface area (Å²) >= 11 is 0. The van der Waals surface area contributed by atoms with Crippen LogP contribution in [0, 0.1) is 5.92 Å². The van der Waals surface area contributed by atoms with Crippen molar-refractivity contribution in [1.29, 1.82) is 0 Å². The SMILES string of the molecule is CCC(C)(OC)C(N)Cc1ncnn1CC(C)C. The molecule has 0 aliphatic rings. The zero-order valence-corrected chi connectivity index (χ0v) is 12.2. The van der Waals surface area contributed by atoms with E-state index in [1.54, 1.807) is 13.4 Å². The molecular formula is C13H26N4O. The van der Waals surface area contributed by atoms with Crippen LogP contribution in [0.3, 0.4) is 0 Å². The van der Waals surface area contributed by atoms with E-state index in [-0.39, 0.29) is 11.6 Å². The largest absolute Gasteiger partial charge is 0.377 e. The number of hydrogen-bond acceptors (Lipinski definition) is 4. The zero-order valence-electron chi connectivity index (χ0n) is 12.2. The second-order valence-electron chi connectivity index (χ2n) is 5.43. The molecule has 0 bridgehead atoms. The van der Waals surface area contributed by atoms with Crippen LogP contribution in [0.15, 0.2) is 6.33 Å². The predicted octanol–water partition coefficient (Wildman–Crippen LogP) is 1.62. The first-order valence-electron chi connectivity index (χ1n) is 6.60. The van der Waals surface area contributed by atoms with Crippen molar-refractivity contribution in [2.45, 2.75) is 58.7 Å². The van der Waals surface area contributed by atoms with Crippen LogP contribution in [0.5, 0.6) is 0 Å². The lowest BCUT2D eigenvalue weighted by atomic mass is 9.91. The van der Waals surface area contributed by atoms with E-state index in [0.29, 0.717) is 12.3 Å². The quantitative estimate of drug-likeness (QED) is 0.803. The van der Waals surface area contributed by atoms with E-state index in [0.717, 1.165) is 18.8 Å². The molecule has 5 nitrogen and oxygen atoms in total. The van der Waals surface area contributed by atoms with Gasteiger partial charge in [0.15, 0.2) is 0 Å². The van der Waals surface area contributed by atoms with Gasteiger partial charge in [0.1, 0.15) is 12.2 Å². The van der Waals surface area contributed by atoms with E-state index in [1.165, 1.54) is 0 Å². The number of nitrogens with two attached hydrogens (primary N) is 1. The summed E-state index contributed by atoms with van der Waals surface area (Å²) in [5.41, 5.74) is 5.95. The lowest BCUT2D eigenvalue weighted by Gasteiger charge is -2.33. The van der Waals surface area contributed by atoms with Crippen molar-refractivity contribution in [1.82, 2.24) is 14.8 Å². The molecule has 0 amide bonds. The first-order chi connectivity index (χ1) is 8.42. The Morgan fingerprint density at radius 3 is 2.67 bits per heavy atom. The molecule has 1 heterocycles. The smallest absolute Gasteiger partial charge is 0.138 e. The van der Waals surface area contributed by atoms with Gasteiger partial charge in [0.2, 0.25) is 0 Å². The van der Waals surface area contributed by atoms with Gasteiger partial charge in [-0.05, 0) is 19.3 Å². The molecule has 1 aromatic rings. The standard InChI is InChI=1S/C13H26N4O/c1-6-13(4,18-5)11(14)7-12-15-9-16-17(12)8-10(2)3/h9-11H,6-8,14H2,1-5H3. The van der Waals surface area contributed by atoms with E-state index < -0.39 is 0 Å². The van der Waals surface area contributed by atoms with E-state index in [4.69, 9.17) is 10.5 Å². The summed E-state index contributed by atoms with van der Waals surface area (Å²) in [7, 11) is 1.71. The van der Waals surface area contributed by atoms with E-state index in [9.17, 15) is 0 Å².